The van der Waals surface area contributed by atoms with Crippen LogP contribution in [0.25, 0.3) is 11.1 Å². The molecule has 0 saturated carbocycles. The Bertz CT molecular complexity index is 1100. The summed E-state index contributed by atoms with van der Waals surface area (Å²) in [7, 11) is 0. The molecular formula is C29H29N. The second kappa shape index (κ2) is 8.20. The van der Waals surface area contributed by atoms with E-state index in [1.165, 1.54) is 33.6 Å². The van der Waals surface area contributed by atoms with Gasteiger partial charge in [0.15, 0.2) is 0 Å². The molecule has 0 aliphatic rings. The van der Waals surface area contributed by atoms with Crippen molar-refractivity contribution in [2.75, 3.05) is 4.90 Å². The molecule has 4 rings (SSSR count). The maximum absolute atomic E-state index is 2.34. The topological polar surface area (TPSA) is 3.24 Å². The molecule has 30 heavy (non-hydrogen) atoms. The number of benzene rings is 4. The number of hydrogen-bond donors (Lipinski definition) is 0. The molecule has 0 heterocycles. The van der Waals surface area contributed by atoms with Crippen molar-refractivity contribution >= 4 is 17.1 Å². The molecule has 0 aliphatic carbocycles. The molecule has 0 saturated heterocycles. The number of anilines is 3. The van der Waals surface area contributed by atoms with Crippen LogP contribution in [0.1, 0.15) is 31.9 Å². The lowest BCUT2D eigenvalue weighted by Gasteiger charge is -2.28. The van der Waals surface area contributed by atoms with E-state index in [4.69, 9.17) is 0 Å². The van der Waals surface area contributed by atoms with Crippen molar-refractivity contribution in [1.29, 1.82) is 0 Å². The fourth-order valence-electron chi connectivity index (χ4n) is 3.69. The minimum absolute atomic E-state index is 0.103. The fourth-order valence-corrected chi connectivity index (χ4v) is 3.69. The second-order valence-electron chi connectivity index (χ2n) is 8.88. The average molecular weight is 392 g/mol. The summed E-state index contributed by atoms with van der Waals surface area (Å²) in [6.07, 6.45) is 0. The highest BCUT2D eigenvalue weighted by molar-refractivity contribution is 5.78. The van der Waals surface area contributed by atoms with E-state index < -0.39 is 0 Å². The summed E-state index contributed by atoms with van der Waals surface area (Å²) in [5.74, 6) is 0. The first-order chi connectivity index (χ1) is 14.4. The minimum Gasteiger partial charge on any atom is -0.310 e. The quantitative estimate of drug-likeness (QED) is 0.337. The SMILES string of the molecule is Cc1ccc(N(c2ccc(-c3ccccc3)cc2)c2cccc(C(C)(C)C)c2)cc1. The van der Waals surface area contributed by atoms with Crippen LogP contribution < -0.4 is 4.90 Å². The molecule has 0 radical (unpaired) electrons. The van der Waals surface area contributed by atoms with Gasteiger partial charge < -0.3 is 4.90 Å². The predicted molar refractivity (Wildman–Crippen MR) is 130 cm³/mol. The van der Waals surface area contributed by atoms with Gasteiger partial charge in [-0.3, -0.25) is 0 Å². The predicted octanol–water partition coefficient (Wildman–Crippen LogP) is 8.43. The maximum atomic E-state index is 2.34. The lowest BCUT2D eigenvalue weighted by atomic mass is 9.87. The largest absolute Gasteiger partial charge is 0.310 e. The number of nitrogens with zero attached hydrogens (tertiary/aromatic N) is 1. The first kappa shape index (κ1) is 20.0. The summed E-state index contributed by atoms with van der Waals surface area (Å²) < 4.78 is 0. The van der Waals surface area contributed by atoms with Gasteiger partial charge in [-0.2, -0.15) is 0 Å². The van der Waals surface area contributed by atoms with Crippen LogP contribution in [0.3, 0.4) is 0 Å². The van der Waals surface area contributed by atoms with Gasteiger partial charge in [-0.1, -0.05) is 93.1 Å². The van der Waals surface area contributed by atoms with E-state index in [2.05, 4.69) is 136 Å². The second-order valence-corrected chi connectivity index (χ2v) is 8.88. The van der Waals surface area contributed by atoms with Gasteiger partial charge in [-0.25, -0.2) is 0 Å². The Morgan fingerprint density at radius 2 is 1.10 bits per heavy atom. The third-order valence-electron chi connectivity index (χ3n) is 5.50. The molecule has 0 unspecified atom stereocenters. The van der Waals surface area contributed by atoms with Gasteiger partial charge >= 0.3 is 0 Å². The van der Waals surface area contributed by atoms with E-state index in [-0.39, 0.29) is 5.41 Å². The first-order valence-corrected chi connectivity index (χ1v) is 10.5. The van der Waals surface area contributed by atoms with Gasteiger partial charge in [-0.15, -0.1) is 0 Å². The lowest BCUT2D eigenvalue weighted by molar-refractivity contribution is 0.590. The third kappa shape index (κ3) is 4.31. The van der Waals surface area contributed by atoms with E-state index in [1.54, 1.807) is 0 Å². The van der Waals surface area contributed by atoms with Crippen molar-refractivity contribution in [2.45, 2.75) is 33.1 Å². The Morgan fingerprint density at radius 1 is 0.533 bits per heavy atom. The van der Waals surface area contributed by atoms with Crippen molar-refractivity contribution in [1.82, 2.24) is 0 Å². The fraction of sp³-hybridized carbons (Fsp3) is 0.172. The van der Waals surface area contributed by atoms with Gasteiger partial charge in [0, 0.05) is 17.1 Å². The van der Waals surface area contributed by atoms with Gasteiger partial charge in [0.25, 0.3) is 0 Å². The van der Waals surface area contributed by atoms with Crippen LogP contribution in [-0.2, 0) is 5.41 Å². The molecular weight excluding hydrogens is 362 g/mol. The Kier molecular flexibility index (Phi) is 5.46. The summed E-state index contributed by atoms with van der Waals surface area (Å²) in [4.78, 5) is 2.34. The molecule has 1 heteroatoms. The Morgan fingerprint density at radius 3 is 1.70 bits per heavy atom. The van der Waals surface area contributed by atoms with Crippen molar-refractivity contribution in [3.8, 4) is 11.1 Å². The van der Waals surface area contributed by atoms with Crippen molar-refractivity contribution < 1.29 is 0 Å². The van der Waals surface area contributed by atoms with Crippen LogP contribution in [0.15, 0.2) is 103 Å². The molecule has 0 aromatic heterocycles. The average Bonchev–Trinajstić information content (AvgIpc) is 2.76. The summed E-state index contributed by atoms with van der Waals surface area (Å²) in [5.41, 5.74) is 8.67. The highest BCUT2D eigenvalue weighted by atomic mass is 15.1. The zero-order valence-electron chi connectivity index (χ0n) is 18.3. The van der Waals surface area contributed by atoms with Crippen molar-refractivity contribution in [3.05, 3.63) is 114 Å². The van der Waals surface area contributed by atoms with E-state index in [0.29, 0.717) is 0 Å². The Labute approximate surface area is 180 Å². The Hall–Kier alpha value is -3.32. The van der Waals surface area contributed by atoms with Crippen LogP contribution >= 0.6 is 0 Å². The number of aryl methyl sites for hydroxylation is 1. The molecule has 0 N–H and O–H groups in total. The molecule has 0 amide bonds. The van der Waals surface area contributed by atoms with Crippen LogP contribution in [0.2, 0.25) is 0 Å². The molecule has 0 spiro atoms. The van der Waals surface area contributed by atoms with Crippen LogP contribution in [-0.4, -0.2) is 0 Å². The van der Waals surface area contributed by atoms with E-state index in [9.17, 15) is 0 Å². The summed E-state index contributed by atoms with van der Waals surface area (Å²) in [6, 6.07) is 37.0. The van der Waals surface area contributed by atoms with Crippen molar-refractivity contribution in [3.63, 3.8) is 0 Å². The Balaban J connectivity index is 1.79. The molecule has 4 aromatic carbocycles. The summed E-state index contributed by atoms with van der Waals surface area (Å²) >= 11 is 0. The van der Waals surface area contributed by atoms with E-state index in [0.717, 1.165) is 5.69 Å². The smallest absolute Gasteiger partial charge is 0.0464 e. The highest BCUT2D eigenvalue weighted by Gasteiger charge is 2.17. The van der Waals surface area contributed by atoms with Crippen LogP contribution in [0, 0.1) is 6.92 Å². The monoisotopic (exact) mass is 391 g/mol. The summed E-state index contributed by atoms with van der Waals surface area (Å²) in [5, 5.41) is 0. The number of hydrogen-bond acceptors (Lipinski definition) is 1. The van der Waals surface area contributed by atoms with Gasteiger partial charge in [0.1, 0.15) is 0 Å². The van der Waals surface area contributed by atoms with Crippen LogP contribution in [0.5, 0.6) is 0 Å². The molecule has 4 aromatic rings. The zero-order chi connectivity index (χ0) is 21.1. The summed E-state index contributed by atoms with van der Waals surface area (Å²) in [6.45, 7) is 8.91. The van der Waals surface area contributed by atoms with Gasteiger partial charge in [0.2, 0.25) is 0 Å². The highest BCUT2D eigenvalue weighted by Crippen LogP contribution is 2.37. The molecule has 0 fully saturated rings. The lowest BCUT2D eigenvalue weighted by Crippen LogP contribution is -2.14. The van der Waals surface area contributed by atoms with Gasteiger partial charge in [-0.05, 0) is 65.4 Å². The maximum Gasteiger partial charge on any atom is 0.0464 e. The number of rotatable bonds is 4. The normalized spacial score (nSPS) is 11.3. The minimum atomic E-state index is 0.103. The van der Waals surface area contributed by atoms with E-state index in [1.807, 2.05) is 0 Å². The first-order valence-electron chi connectivity index (χ1n) is 10.5. The molecule has 0 atom stereocenters. The molecule has 0 bridgehead atoms. The third-order valence-corrected chi connectivity index (χ3v) is 5.50. The van der Waals surface area contributed by atoms with Crippen LogP contribution in [0.4, 0.5) is 17.1 Å². The molecule has 0 aliphatic heterocycles. The van der Waals surface area contributed by atoms with Gasteiger partial charge in [0.05, 0.1) is 0 Å². The van der Waals surface area contributed by atoms with E-state index >= 15 is 0 Å². The standard InChI is InChI=1S/C29H29N/c1-22-13-17-26(18-14-22)30(28-12-8-11-25(21-28)29(2,3)4)27-19-15-24(16-20-27)23-9-6-5-7-10-23/h5-21H,1-4H3. The van der Waals surface area contributed by atoms with Crippen molar-refractivity contribution in [2.24, 2.45) is 0 Å². The molecule has 150 valence electrons. The molecule has 1 nitrogen and oxygen atoms in total. The zero-order valence-corrected chi connectivity index (χ0v) is 18.3.